The molecule has 3 aliphatic rings. The van der Waals surface area contributed by atoms with Crippen molar-refractivity contribution in [1.29, 1.82) is 0 Å². The number of nitrogens with zero attached hydrogens (tertiary/aromatic N) is 4. The van der Waals surface area contributed by atoms with Gasteiger partial charge in [-0.25, -0.2) is 4.79 Å². The number of amides is 2. The third kappa shape index (κ3) is 4.89. The number of aliphatic imine (C=N–C) groups is 1. The van der Waals surface area contributed by atoms with Crippen molar-refractivity contribution in [3.63, 3.8) is 0 Å². The number of hydrogen-bond donors (Lipinski definition) is 1. The lowest BCUT2D eigenvalue weighted by Gasteiger charge is -2.44. The first kappa shape index (κ1) is 25.8. The van der Waals surface area contributed by atoms with Crippen molar-refractivity contribution in [2.24, 2.45) is 4.99 Å². The minimum atomic E-state index is -4.67. The standard InChI is InChI=1S/C25H28F3N5O3S/c26-25(27,28)18-7-4-11-21(15-18)37(35,36)32-14-6-12-24(17-32)22(30-19-8-2-1-3-9-19)31-23(34)33(24)20-10-5-13-29-16-20/h4-5,7,10-11,13,15-16,19H,1-3,6,8-9,12,14,17H2,(H-,30,31,34,35,36). The largest absolute Gasteiger partial charge is 0.593 e. The van der Waals surface area contributed by atoms with Crippen molar-refractivity contribution in [3.8, 4) is 0 Å². The first-order valence-corrected chi connectivity index (χ1v) is 13.8. The van der Waals surface area contributed by atoms with Gasteiger partial charge < -0.3 is 4.55 Å². The quantitative estimate of drug-likeness (QED) is 0.569. The molecule has 8 nitrogen and oxygen atoms in total. The summed E-state index contributed by atoms with van der Waals surface area (Å²) in [5.74, 6) is 0.414. The lowest BCUT2D eigenvalue weighted by molar-refractivity contribution is -0.137. The maximum Gasteiger partial charge on any atom is 0.416 e. The van der Waals surface area contributed by atoms with Gasteiger partial charge in [-0.2, -0.15) is 13.2 Å². The summed E-state index contributed by atoms with van der Waals surface area (Å²) in [6, 6.07) is 6.75. The van der Waals surface area contributed by atoms with Crippen molar-refractivity contribution in [2.75, 3.05) is 18.0 Å². The molecule has 1 aliphatic carbocycles. The van der Waals surface area contributed by atoms with E-state index >= 15 is 0 Å². The van der Waals surface area contributed by atoms with Gasteiger partial charge in [0.25, 0.3) is 0 Å². The normalized spacial score (nSPS) is 26.4. The summed E-state index contributed by atoms with van der Waals surface area (Å²) < 4.78 is 68.3. The Kier molecular flexibility index (Phi) is 6.84. The second-order valence-electron chi connectivity index (χ2n) is 9.75. The third-order valence-corrected chi connectivity index (χ3v) is 9.16. The Balaban J connectivity index is 1.55. The van der Waals surface area contributed by atoms with E-state index in [9.17, 15) is 26.7 Å². The molecule has 2 atom stereocenters. The summed E-state index contributed by atoms with van der Waals surface area (Å²) in [6.45, 7) is -0.0170. The van der Waals surface area contributed by atoms with Gasteiger partial charge >= 0.3 is 12.2 Å². The highest BCUT2D eigenvalue weighted by molar-refractivity contribution is 7.95. The van der Waals surface area contributed by atoms with Gasteiger partial charge in [0, 0.05) is 18.8 Å². The zero-order valence-corrected chi connectivity index (χ0v) is 20.9. The molecule has 0 radical (unpaired) electrons. The number of pyridine rings is 1. The molecule has 198 valence electrons. The highest BCUT2D eigenvalue weighted by atomic mass is 32.3. The number of carbonyl (C=O) groups excluding carboxylic acids is 1. The number of halogens is 3. The number of urea groups is 1. The number of alkyl halides is 3. The molecule has 1 aromatic carbocycles. The lowest BCUT2D eigenvalue weighted by atomic mass is 9.87. The Hall–Kier alpha value is -2.83. The number of rotatable bonds is 4. The maximum atomic E-state index is 13.6. The number of benzene rings is 1. The molecule has 12 heteroatoms. The third-order valence-electron chi connectivity index (χ3n) is 7.32. The number of nitrogens with one attached hydrogen (secondary N) is 1. The Morgan fingerprint density at radius 2 is 1.92 bits per heavy atom. The monoisotopic (exact) mass is 535 g/mol. The van der Waals surface area contributed by atoms with Crippen molar-refractivity contribution < 1.29 is 26.7 Å². The summed E-state index contributed by atoms with van der Waals surface area (Å²) in [5, 5.41) is 2.89. The number of anilines is 1. The highest BCUT2D eigenvalue weighted by Crippen LogP contribution is 2.40. The van der Waals surface area contributed by atoms with E-state index < -0.39 is 38.6 Å². The van der Waals surface area contributed by atoms with E-state index in [1.165, 1.54) is 21.5 Å². The van der Waals surface area contributed by atoms with Crippen LogP contribution in [0.3, 0.4) is 0 Å². The number of amidine groups is 1. The van der Waals surface area contributed by atoms with Gasteiger partial charge in [0.15, 0.2) is 15.3 Å². The second kappa shape index (κ2) is 9.80. The van der Waals surface area contributed by atoms with Gasteiger partial charge in [0.05, 0.1) is 30.0 Å². The molecular weight excluding hydrogens is 507 g/mol. The van der Waals surface area contributed by atoms with Crippen LogP contribution in [-0.2, 0) is 20.8 Å². The summed E-state index contributed by atoms with van der Waals surface area (Å²) >= 11 is 0. The molecule has 1 aromatic heterocycles. The van der Waals surface area contributed by atoms with Gasteiger partial charge in [0.2, 0.25) is 0 Å². The predicted octanol–water partition coefficient (Wildman–Crippen LogP) is 4.80. The van der Waals surface area contributed by atoms with Crippen molar-refractivity contribution in [2.45, 2.75) is 67.6 Å². The first-order chi connectivity index (χ1) is 17.6. The van der Waals surface area contributed by atoms with E-state index in [1.54, 1.807) is 18.3 Å². The SMILES string of the molecule is O=C1NC(=NC2CCCCC2)C2(CCCN([S+](=O)([O-])c3cccc(C(F)(F)F)c3)C2)N1c1cccnc1. The van der Waals surface area contributed by atoms with Crippen LogP contribution in [0, 0.1) is 0 Å². The molecule has 3 heterocycles. The van der Waals surface area contributed by atoms with Crippen LogP contribution < -0.4 is 10.2 Å². The Morgan fingerprint density at radius 3 is 2.62 bits per heavy atom. The fourth-order valence-corrected chi connectivity index (χ4v) is 7.11. The van der Waals surface area contributed by atoms with Crippen LogP contribution in [-0.4, -0.2) is 50.4 Å². The fourth-order valence-electron chi connectivity index (χ4n) is 5.53. The van der Waals surface area contributed by atoms with Gasteiger partial charge in [-0.15, -0.1) is 4.31 Å². The highest BCUT2D eigenvalue weighted by Gasteiger charge is 2.56. The van der Waals surface area contributed by atoms with Crippen LogP contribution >= 0.6 is 0 Å². The zero-order valence-electron chi connectivity index (χ0n) is 20.1. The summed E-state index contributed by atoms with van der Waals surface area (Å²) in [7, 11) is -4.29. The molecule has 1 spiro atoms. The zero-order chi connectivity index (χ0) is 26.3. The number of hydrogen-bond acceptors (Lipinski definition) is 5. The predicted molar refractivity (Wildman–Crippen MR) is 132 cm³/mol. The van der Waals surface area contributed by atoms with Crippen LogP contribution in [0.1, 0.15) is 50.5 Å². The molecule has 37 heavy (non-hydrogen) atoms. The molecule has 2 unspecified atom stereocenters. The summed E-state index contributed by atoms with van der Waals surface area (Å²) in [4.78, 5) is 23.4. The second-order valence-corrected chi connectivity index (χ2v) is 11.7. The van der Waals surface area contributed by atoms with Crippen molar-refractivity contribution in [3.05, 3.63) is 54.4 Å². The van der Waals surface area contributed by atoms with Crippen molar-refractivity contribution >= 4 is 28.0 Å². The lowest BCUT2D eigenvalue weighted by Crippen LogP contribution is -2.62. The maximum absolute atomic E-state index is 13.6. The van der Waals surface area contributed by atoms with Crippen LogP contribution in [0.2, 0.25) is 0 Å². The van der Waals surface area contributed by atoms with Gasteiger partial charge in [-0.1, -0.05) is 29.5 Å². The van der Waals surface area contributed by atoms with Crippen LogP contribution in [0.4, 0.5) is 23.7 Å². The molecular formula is C25H28F3N5O3S. The minimum absolute atomic E-state index is 0.0187. The number of aromatic nitrogens is 1. The Morgan fingerprint density at radius 1 is 1.14 bits per heavy atom. The van der Waals surface area contributed by atoms with E-state index in [-0.39, 0.29) is 19.1 Å². The smallest absolute Gasteiger partial charge is 0.416 e. The van der Waals surface area contributed by atoms with Crippen LogP contribution in [0.25, 0.3) is 0 Å². The van der Waals surface area contributed by atoms with E-state index in [4.69, 9.17) is 4.99 Å². The molecule has 0 bridgehead atoms. The average molecular weight is 536 g/mol. The van der Waals surface area contributed by atoms with Crippen molar-refractivity contribution in [1.82, 2.24) is 14.6 Å². The summed E-state index contributed by atoms with van der Waals surface area (Å²) in [6.07, 6.45) is 4.24. The van der Waals surface area contributed by atoms with Crippen LogP contribution in [0.15, 0.2) is 58.7 Å². The molecule has 2 aromatic rings. The molecule has 5 rings (SSSR count). The Labute approximate surface area is 214 Å². The van der Waals surface area contributed by atoms with E-state index in [2.05, 4.69) is 10.3 Å². The number of sulfonamides is 1. The van der Waals surface area contributed by atoms with Gasteiger partial charge in [0.1, 0.15) is 11.4 Å². The Bertz CT molecular complexity index is 1240. The number of piperidine rings is 1. The minimum Gasteiger partial charge on any atom is -0.593 e. The number of carbonyl (C=O) groups is 1. The molecule has 2 aliphatic heterocycles. The fraction of sp³-hybridized carbons (Fsp3) is 0.480. The molecule has 1 N–H and O–H groups in total. The van der Waals surface area contributed by atoms with E-state index in [0.717, 1.165) is 44.2 Å². The van der Waals surface area contributed by atoms with E-state index in [1.807, 2.05) is 0 Å². The van der Waals surface area contributed by atoms with E-state index in [0.29, 0.717) is 30.4 Å². The molecule has 2 amide bonds. The molecule has 2 saturated heterocycles. The van der Waals surface area contributed by atoms with Crippen LogP contribution in [0.5, 0.6) is 0 Å². The van der Waals surface area contributed by atoms with Gasteiger partial charge in [-0.3, -0.25) is 20.2 Å². The summed E-state index contributed by atoms with van der Waals surface area (Å²) in [5.41, 5.74) is -1.66. The van der Waals surface area contributed by atoms with Gasteiger partial charge in [-0.05, 0) is 49.9 Å². The molecule has 1 saturated carbocycles. The topological polar surface area (TPSA) is 101 Å². The first-order valence-electron chi connectivity index (χ1n) is 12.4. The molecule has 3 fully saturated rings. The average Bonchev–Trinajstić information content (AvgIpc) is 3.14.